The van der Waals surface area contributed by atoms with E-state index < -0.39 is 0 Å². The summed E-state index contributed by atoms with van der Waals surface area (Å²) < 4.78 is 0. The Morgan fingerprint density at radius 3 is 2.51 bits per heavy atom. The molecule has 0 spiro atoms. The Balaban J connectivity index is 1.40. The van der Waals surface area contributed by atoms with Crippen LogP contribution in [-0.4, -0.2) is 63.4 Å². The van der Waals surface area contributed by atoms with Crippen molar-refractivity contribution in [2.75, 3.05) is 26.2 Å². The van der Waals surface area contributed by atoms with Crippen LogP contribution in [-0.2, 0) is 6.42 Å². The minimum absolute atomic E-state index is 0.0753. The minimum Gasteiger partial charge on any atom is -0.393 e. The van der Waals surface area contributed by atoms with Crippen molar-refractivity contribution in [1.82, 2.24) is 20.0 Å². The van der Waals surface area contributed by atoms with Gasteiger partial charge in [0.25, 0.3) is 0 Å². The molecule has 35 heavy (non-hydrogen) atoms. The van der Waals surface area contributed by atoms with Gasteiger partial charge in [0.1, 0.15) is 0 Å². The standard InChI is InChI=1S/C28H33ClN4O2/c1-2-19-6-8-20(9-7-19)22-14-23(18-33(17-22)28(35)32-12-10-25(34)11-13-32)27-16-26(30-31-27)21-4-3-5-24(29)15-21/h3-9,15-16,22-23,25,34H,2,10-14,17-18H2,1H3,(H,30,31). The van der Waals surface area contributed by atoms with Crippen LogP contribution in [0.4, 0.5) is 4.79 Å². The summed E-state index contributed by atoms with van der Waals surface area (Å²) in [4.78, 5) is 17.4. The number of aliphatic hydroxyl groups is 1. The predicted octanol–water partition coefficient (Wildman–Crippen LogP) is 5.44. The zero-order valence-corrected chi connectivity index (χ0v) is 20.9. The van der Waals surface area contributed by atoms with Gasteiger partial charge in [-0.1, -0.05) is 54.9 Å². The third kappa shape index (κ3) is 5.39. The second kappa shape index (κ2) is 10.4. The summed E-state index contributed by atoms with van der Waals surface area (Å²) in [7, 11) is 0. The summed E-state index contributed by atoms with van der Waals surface area (Å²) in [5.41, 5.74) is 5.47. The number of likely N-dealkylation sites (tertiary alicyclic amines) is 2. The van der Waals surface area contributed by atoms with E-state index in [1.54, 1.807) is 0 Å². The van der Waals surface area contributed by atoms with Crippen LogP contribution < -0.4 is 0 Å². The van der Waals surface area contributed by atoms with Crippen LogP contribution in [0, 0.1) is 0 Å². The van der Waals surface area contributed by atoms with Gasteiger partial charge in [0, 0.05) is 54.3 Å². The number of carbonyl (C=O) groups is 1. The van der Waals surface area contributed by atoms with Crippen LogP contribution in [0.15, 0.2) is 54.6 Å². The van der Waals surface area contributed by atoms with E-state index in [2.05, 4.69) is 47.5 Å². The third-order valence-corrected chi connectivity index (χ3v) is 7.71. The fourth-order valence-electron chi connectivity index (χ4n) is 5.35. The lowest BCUT2D eigenvalue weighted by molar-refractivity contribution is 0.0755. The lowest BCUT2D eigenvalue weighted by Crippen LogP contribution is -2.51. The van der Waals surface area contributed by atoms with Crippen LogP contribution in [0.2, 0.25) is 5.02 Å². The molecular weight excluding hydrogens is 460 g/mol. The Morgan fingerprint density at radius 2 is 1.80 bits per heavy atom. The maximum atomic E-state index is 13.5. The molecule has 2 aliphatic rings. The van der Waals surface area contributed by atoms with E-state index >= 15 is 0 Å². The summed E-state index contributed by atoms with van der Waals surface area (Å²) in [5, 5.41) is 18.4. The van der Waals surface area contributed by atoms with E-state index in [-0.39, 0.29) is 24.0 Å². The number of carbonyl (C=O) groups excluding carboxylic acids is 1. The van der Waals surface area contributed by atoms with E-state index in [9.17, 15) is 9.90 Å². The highest BCUT2D eigenvalue weighted by Gasteiger charge is 2.35. The zero-order chi connectivity index (χ0) is 24.4. The highest BCUT2D eigenvalue weighted by Crippen LogP contribution is 2.37. The van der Waals surface area contributed by atoms with Crippen LogP contribution in [0.5, 0.6) is 0 Å². The van der Waals surface area contributed by atoms with Gasteiger partial charge < -0.3 is 14.9 Å². The number of rotatable bonds is 4. The fraction of sp³-hybridized carbons (Fsp3) is 0.429. The number of benzene rings is 2. The van der Waals surface area contributed by atoms with Gasteiger partial charge in [-0.05, 0) is 55.0 Å². The van der Waals surface area contributed by atoms with Crippen molar-refractivity contribution in [3.63, 3.8) is 0 Å². The van der Waals surface area contributed by atoms with Gasteiger partial charge >= 0.3 is 6.03 Å². The molecule has 184 valence electrons. The summed E-state index contributed by atoms with van der Waals surface area (Å²) in [6.45, 7) is 4.74. The van der Waals surface area contributed by atoms with Crippen molar-refractivity contribution in [3.05, 3.63) is 76.4 Å². The van der Waals surface area contributed by atoms with Crippen molar-refractivity contribution in [2.24, 2.45) is 0 Å². The molecule has 0 saturated carbocycles. The number of halogens is 1. The second-order valence-electron chi connectivity index (χ2n) is 9.85. The Kier molecular flexibility index (Phi) is 7.12. The highest BCUT2D eigenvalue weighted by molar-refractivity contribution is 6.30. The Bertz CT molecular complexity index is 1150. The number of nitrogens with zero attached hydrogens (tertiary/aromatic N) is 3. The van der Waals surface area contributed by atoms with E-state index in [1.165, 1.54) is 11.1 Å². The first-order valence-corrected chi connectivity index (χ1v) is 13.0. The average Bonchev–Trinajstić information content (AvgIpc) is 3.39. The number of urea groups is 1. The number of nitrogens with one attached hydrogen (secondary N) is 1. The Morgan fingerprint density at radius 1 is 1.06 bits per heavy atom. The molecule has 3 heterocycles. The van der Waals surface area contributed by atoms with Crippen molar-refractivity contribution >= 4 is 17.6 Å². The van der Waals surface area contributed by atoms with E-state index in [0.29, 0.717) is 44.0 Å². The first-order valence-electron chi connectivity index (χ1n) is 12.6. The number of aromatic amines is 1. The molecular formula is C28H33ClN4O2. The largest absolute Gasteiger partial charge is 0.393 e. The maximum absolute atomic E-state index is 13.5. The summed E-state index contributed by atoms with van der Waals surface area (Å²) in [6.07, 6.45) is 2.96. The van der Waals surface area contributed by atoms with Crippen molar-refractivity contribution in [3.8, 4) is 11.3 Å². The van der Waals surface area contributed by atoms with Gasteiger partial charge in [-0.15, -0.1) is 0 Å². The smallest absolute Gasteiger partial charge is 0.320 e. The Hall–Kier alpha value is -2.83. The summed E-state index contributed by atoms with van der Waals surface area (Å²) in [6, 6.07) is 18.7. The van der Waals surface area contributed by atoms with Crippen molar-refractivity contribution < 1.29 is 9.90 Å². The molecule has 2 aliphatic heterocycles. The number of hydrogen-bond donors (Lipinski definition) is 2. The average molecular weight is 493 g/mol. The number of aliphatic hydroxyl groups excluding tert-OH is 1. The fourth-order valence-corrected chi connectivity index (χ4v) is 5.54. The summed E-state index contributed by atoms with van der Waals surface area (Å²) in [5.74, 6) is 0.399. The maximum Gasteiger partial charge on any atom is 0.320 e. The predicted molar refractivity (Wildman–Crippen MR) is 139 cm³/mol. The number of hydrogen-bond acceptors (Lipinski definition) is 3. The molecule has 7 heteroatoms. The van der Waals surface area contributed by atoms with Crippen LogP contribution >= 0.6 is 11.6 Å². The molecule has 5 rings (SSSR count). The van der Waals surface area contributed by atoms with Crippen molar-refractivity contribution in [1.29, 1.82) is 0 Å². The van der Waals surface area contributed by atoms with Gasteiger partial charge in [0.15, 0.2) is 0 Å². The van der Waals surface area contributed by atoms with E-state index in [4.69, 9.17) is 11.6 Å². The third-order valence-electron chi connectivity index (χ3n) is 7.47. The molecule has 0 bridgehead atoms. The molecule has 2 N–H and O–H groups in total. The van der Waals surface area contributed by atoms with Gasteiger partial charge in [0.2, 0.25) is 0 Å². The molecule has 6 nitrogen and oxygen atoms in total. The van der Waals surface area contributed by atoms with Crippen LogP contribution in [0.25, 0.3) is 11.3 Å². The van der Waals surface area contributed by atoms with Crippen LogP contribution in [0.3, 0.4) is 0 Å². The zero-order valence-electron chi connectivity index (χ0n) is 20.2. The minimum atomic E-state index is -0.298. The molecule has 2 amide bonds. The molecule has 2 fully saturated rings. The highest BCUT2D eigenvalue weighted by atomic mass is 35.5. The monoisotopic (exact) mass is 492 g/mol. The quantitative estimate of drug-likeness (QED) is 0.509. The number of amides is 2. The molecule has 2 unspecified atom stereocenters. The van der Waals surface area contributed by atoms with Gasteiger partial charge in [0.05, 0.1) is 11.8 Å². The van der Waals surface area contributed by atoms with Crippen molar-refractivity contribution in [2.45, 2.75) is 50.5 Å². The molecule has 2 saturated heterocycles. The molecule has 2 atom stereocenters. The molecule has 1 aromatic heterocycles. The van der Waals surface area contributed by atoms with Crippen LogP contribution in [0.1, 0.15) is 54.8 Å². The number of piperidine rings is 2. The SMILES string of the molecule is CCc1ccc(C2CC(c3cc(-c4cccc(Cl)c4)n[nH]3)CN(C(=O)N3CCC(O)CC3)C2)cc1. The summed E-state index contributed by atoms with van der Waals surface area (Å²) >= 11 is 6.19. The molecule has 3 aromatic rings. The molecule has 0 radical (unpaired) electrons. The Labute approximate surface area is 211 Å². The van der Waals surface area contributed by atoms with Gasteiger partial charge in [-0.3, -0.25) is 5.10 Å². The van der Waals surface area contributed by atoms with Gasteiger partial charge in [-0.2, -0.15) is 5.10 Å². The first kappa shape index (κ1) is 23.9. The topological polar surface area (TPSA) is 72.5 Å². The second-order valence-corrected chi connectivity index (χ2v) is 10.3. The lowest BCUT2D eigenvalue weighted by Gasteiger charge is -2.41. The molecule has 0 aliphatic carbocycles. The number of aryl methyl sites for hydroxylation is 1. The van der Waals surface area contributed by atoms with E-state index in [0.717, 1.165) is 29.8 Å². The number of H-pyrrole nitrogens is 1. The van der Waals surface area contributed by atoms with Gasteiger partial charge in [-0.25, -0.2) is 4.79 Å². The molecule has 2 aromatic carbocycles. The number of aromatic nitrogens is 2. The lowest BCUT2D eigenvalue weighted by atomic mass is 9.82. The normalized spacial score (nSPS) is 21.3. The van der Waals surface area contributed by atoms with E-state index in [1.807, 2.05) is 34.1 Å². The first-order chi connectivity index (χ1) is 17.0.